The Morgan fingerprint density at radius 3 is 2.54 bits per heavy atom. The quantitative estimate of drug-likeness (QED) is 0.653. The number of imide groups is 1. The number of carboxylic acids is 1. The summed E-state index contributed by atoms with van der Waals surface area (Å²) in [6, 6.07) is 9.54. The van der Waals surface area contributed by atoms with Crippen LogP contribution in [0.25, 0.3) is 0 Å². The number of thiophene rings is 1. The third-order valence-corrected chi connectivity index (χ3v) is 6.86. The van der Waals surface area contributed by atoms with Crippen LogP contribution in [0.1, 0.15) is 16.5 Å². The van der Waals surface area contributed by atoms with Crippen LogP contribution in [0.4, 0.5) is 5.69 Å². The Hall–Kier alpha value is -2.26. The molecule has 1 aromatic heterocycles. The number of nitrogens with zero attached hydrogens (tertiary/aromatic N) is 1. The van der Waals surface area contributed by atoms with E-state index in [-0.39, 0.29) is 0 Å². The molecule has 9 heteroatoms. The number of hydrogen-bond donors (Lipinski definition) is 3. The zero-order valence-corrected chi connectivity index (χ0v) is 16.3. The average Bonchev–Trinajstić information content (AvgIpc) is 3.31. The van der Waals surface area contributed by atoms with Gasteiger partial charge in [-0.2, -0.15) is 0 Å². The number of fused-ring (bicyclic) bond motifs is 1. The number of carbonyl (C=O) groups is 3. The Labute approximate surface area is 169 Å². The predicted molar refractivity (Wildman–Crippen MR) is 103 cm³/mol. The lowest BCUT2D eigenvalue weighted by Gasteiger charge is -2.29. The second kappa shape index (κ2) is 6.66. The van der Waals surface area contributed by atoms with Gasteiger partial charge in [-0.3, -0.25) is 19.7 Å². The normalized spacial score (nSPS) is 29.4. The molecule has 0 bridgehead atoms. The number of amides is 2. The molecule has 4 unspecified atom stereocenters. The van der Waals surface area contributed by atoms with Crippen LogP contribution in [0.5, 0.6) is 0 Å². The molecule has 2 saturated heterocycles. The molecule has 4 atom stereocenters. The molecule has 0 saturated carbocycles. The molecule has 146 valence electrons. The number of para-hydroxylation sites is 1. The van der Waals surface area contributed by atoms with Gasteiger partial charge in [0.2, 0.25) is 11.8 Å². The first-order chi connectivity index (χ1) is 13.3. The molecule has 3 N–H and O–H groups in total. The second-order valence-electron chi connectivity index (χ2n) is 7.00. The summed E-state index contributed by atoms with van der Waals surface area (Å²) >= 11 is 7.23. The van der Waals surface area contributed by atoms with Crippen LogP contribution in [0.15, 0.2) is 36.4 Å². The first-order valence-electron chi connectivity index (χ1n) is 8.62. The van der Waals surface area contributed by atoms with Crippen molar-refractivity contribution in [3.8, 4) is 0 Å². The Kier molecular flexibility index (Phi) is 4.54. The van der Waals surface area contributed by atoms with Gasteiger partial charge in [-0.05, 0) is 30.7 Å². The van der Waals surface area contributed by atoms with E-state index in [1.54, 1.807) is 43.3 Å². The minimum Gasteiger partial charge on any atom is -0.480 e. The van der Waals surface area contributed by atoms with Gasteiger partial charge < -0.3 is 10.2 Å². The van der Waals surface area contributed by atoms with E-state index >= 15 is 0 Å². The molecular formula is C19H17ClN2O5S. The lowest BCUT2D eigenvalue weighted by atomic mass is 9.80. The lowest BCUT2D eigenvalue weighted by molar-refractivity contribution is -0.150. The van der Waals surface area contributed by atoms with Gasteiger partial charge in [0.1, 0.15) is 0 Å². The third-order valence-electron chi connectivity index (χ3n) is 5.54. The number of carboxylic acid groups (broad SMARTS) is 1. The number of aliphatic hydroxyl groups is 1. The fraction of sp³-hybridized carbons (Fsp3) is 0.316. The first-order valence-corrected chi connectivity index (χ1v) is 9.82. The summed E-state index contributed by atoms with van der Waals surface area (Å²) in [6.45, 7) is 0.953. The number of aliphatic hydroxyl groups excluding tert-OH is 1. The Bertz CT molecular complexity index is 992. The van der Waals surface area contributed by atoms with Crippen LogP contribution in [0.2, 0.25) is 4.34 Å². The number of halogens is 1. The molecule has 28 heavy (non-hydrogen) atoms. The van der Waals surface area contributed by atoms with Gasteiger partial charge >= 0.3 is 5.97 Å². The topological polar surface area (TPSA) is 107 Å². The molecule has 2 aromatic rings. The summed E-state index contributed by atoms with van der Waals surface area (Å²) in [5.74, 6) is -4.66. The maximum Gasteiger partial charge on any atom is 0.327 e. The second-order valence-corrected chi connectivity index (χ2v) is 8.75. The number of aryl methyl sites for hydroxylation is 1. The van der Waals surface area contributed by atoms with E-state index in [1.165, 1.54) is 11.3 Å². The van der Waals surface area contributed by atoms with Crippen molar-refractivity contribution in [2.24, 2.45) is 11.8 Å². The van der Waals surface area contributed by atoms with Gasteiger partial charge in [0.15, 0.2) is 5.54 Å². The molecule has 4 rings (SSSR count). The van der Waals surface area contributed by atoms with Crippen LogP contribution < -0.4 is 10.2 Å². The molecule has 3 heterocycles. The monoisotopic (exact) mass is 420 g/mol. The summed E-state index contributed by atoms with van der Waals surface area (Å²) in [5.41, 5.74) is -0.805. The summed E-state index contributed by atoms with van der Waals surface area (Å²) in [6.07, 6.45) is 0. The standard InChI is InChI=1S/C19H17ClN2O5S/c1-9-4-2-3-5-10(9)22-16(24)13-14(17(22)25)19(8-23,18(26)27)21-15(13)11-6-7-12(20)28-11/h2-7,13-15,21,23H,8H2,1H3,(H,26,27). The molecule has 0 aliphatic carbocycles. The minimum absolute atomic E-state index is 0.423. The van der Waals surface area contributed by atoms with Gasteiger partial charge in [-0.25, -0.2) is 4.90 Å². The minimum atomic E-state index is -1.95. The van der Waals surface area contributed by atoms with E-state index in [4.69, 9.17) is 11.6 Å². The van der Waals surface area contributed by atoms with Gasteiger partial charge in [-0.15, -0.1) is 11.3 Å². The van der Waals surface area contributed by atoms with Crippen molar-refractivity contribution in [1.82, 2.24) is 5.32 Å². The fourth-order valence-corrected chi connectivity index (χ4v) is 5.36. The average molecular weight is 421 g/mol. The Morgan fingerprint density at radius 1 is 1.25 bits per heavy atom. The van der Waals surface area contributed by atoms with Crippen molar-refractivity contribution < 1.29 is 24.6 Å². The number of rotatable bonds is 4. The van der Waals surface area contributed by atoms with Crippen molar-refractivity contribution in [2.75, 3.05) is 11.5 Å². The molecule has 2 amide bonds. The van der Waals surface area contributed by atoms with E-state index in [0.717, 1.165) is 10.5 Å². The first kappa shape index (κ1) is 19.1. The van der Waals surface area contributed by atoms with Gasteiger partial charge in [0.25, 0.3) is 0 Å². The van der Waals surface area contributed by atoms with E-state index in [1.807, 2.05) is 0 Å². The van der Waals surface area contributed by atoms with Crippen molar-refractivity contribution in [3.05, 3.63) is 51.2 Å². The molecule has 2 aliphatic rings. The van der Waals surface area contributed by atoms with Gasteiger partial charge in [0, 0.05) is 4.88 Å². The largest absolute Gasteiger partial charge is 0.480 e. The van der Waals surface area contributed by atoms with E-state index in [0.29, 0.717) is 14.9 Å². The molecule has 2 aliphatic heterocycles. The molecule has 7 nitrogen and oxygen atoms in total. The summed E-state index contributed by atoms with van der Waals surface area (Å²) in [5, 5.41) is 22.7. The maximum absolute atomic E-state index is 13.3. The van der Waals surface area contributed by atoms with Crippen LogP contribution in [-0.2, 0) is 14.4 Å². The Morgan fingerprint density at radius 2 is 1.96 bits per heavy atom. The Balaban J connectivity index is 1.87. The number of aliphatic carboxylic acids is 1. The van der Waals surface area contributed by atoms with E-state index in [9.17, 15) is 24.6 Å². The zero-order chi connectivity index (χ0) is 20.2. The highest BCUT2D eigenvalue weighted by molar-refractivity contribution is 7.16. The number of carbonyl (C=O) groups excluding carboxylic acids is 2. The molecule has 1 aromatic carbocycles. The van der Waals surface area contributed by atoms with E-state index < -0.39 is 47.8 Å². The zero-order valence-electron chi connectivity index (χ0n) is 14.8. The summed E-state index contributed by atoms with van der Waals surface area (Å²) < 4.78 is 0.484. The molecule has 0 radical (unpaired) electrons. The van der Waals surface area contributed by atoms with Crippen molar-refractivity contribution in [3.63, 3.8) is 0 Å². The fourth-order valence-electron chi connectivity index (χ4n) is 4.20. The van der Waals surface area contributed by atoms with Gasteiger partial charge in [0.05, 0.1) is 34.5 Å². The highest BCUT2D eigenvalue weighted by atomic mass is 35.5. The number of hydrogen-bond acceptors (Lipinski definition) is 6. The maximum atomic E-state index is 13.3. The molecule has 2 fully saturated rings. The van der Waals surface area contributed by atoms with Crippen molar-refractivity contribution in [1.29, 1.82) is 0 Å². The van der Waals surface area contributed by atoms with Crippen LogP contribution in [0, 0.1) is 18.8 Å². The smallest absolute Gasteiger partial charge is 0.327 e. The summed E-state index contributed by atoms with van der Waals surface area (Å²) in [7, 11) is 0. The number of anilines is 1. The summed E-state index contributed by atoms with van der Waals surface area (Å²) in [4.78, 5) is 40.4. The number of benzene rings is 1. The van der Waals surface area contributed by atoms with Crippen molar-refractivity contribution >= 4 is 46.4 Å². The van der Waals surface area contributed by atoms with Gasteiger partial charge in [-0.1, -0.05) is 29.8 Å². The molecular weight excluding hydrogens is 404 g/mol. The van der Waals surface area contributed by atoms with Crippen LogP contribution in [-0.4, -0.2) is 40.1 Å². The lowest BCUT2D eigenvalue weighted by Crippen LogP contribution is -2.58. The number of nitrogens with one attached hydrogen (secondary N) is 1. The third kappa shape index (κ3) is 2.52. The SMILES string of the molecule is Cc1ccccc1N1C(=O)C2C(c3ccc(Cl)s3)NC(CO)(C(=O)O)C2C1=O. The highest BCUT2D eigenvalue weighted by Crippen LogP contribution is 2.51. The van der Waals surface area contributed by atoms with Crippen molar-refractivity contribution in [2.45, 2.75) is 18.5 Å². The van der Waals surface area contributed by atoms with Crippen LogP contribution in [0.3, 0.4) is 0 Å². The molecule has 0 spiro atoms. The highest BCUT2D eigenvalue weighted by Gasteiger charge is 2.69. The van der Waals surface area contributed by atoms with Crippen LogP contribution >= 0.6 is 22.9 Å². The van der Waals surface area contributed by atoms with E-state index in [2.05, 4.69) is 5.32 Å². The predicted octanol–water partition coefficient (Wildman–Crippen LogP) is 1.98.